The van der Waals surface area contributed by atoms with Crippen molar-refractivity contribution in [2.75, 3.05) is 36.0 Å². The maximum absolute atomic E-state index is 11.2. The lowest BCUT2D eigenvalue weighted by molar-refractivity contribution is -0.146. The van der Waals surface area contributed by atoms with Crippen LogP contribution < -0.4 is 9.80 Å². The van der Waals surface area contributed by atoms with Gasteiger partial charge in [-0.2, -0.15) is 0 Å². The summed E-state index contributed by atoms with van der Waals surface area (Å²) in [6, 6.07) is 9.77. The second kappa shape index (κ2) is 7.75. The molecule has 1 fully saturated rings. The summed E-state index contributed by atoms with van der Waals surface area (Å²) in [4.78, 5) is 33.7. The number of benzene rings is 1. The number of anilines is 2. The third-order valence-electron chi connectivity index (χ3n) is 4.73. The van der Waals surface area contributed by atoms with E-state index in [2.05, 4.69) is 24.8 Å². The Hall–Kier alpha value is -3.29. The first-order chi connectivity index (χ1) is 13.6. The van der Waals surface area contributed by atoms with Crippen molar-refractivity contribution in [3.63, 3.8) is 0 Å². The van der Waals surface area contributed by atoms with E-state index >= 15 is 0 Å². The average molecular weight is 378 g/mol. The molecule has 4 rings (SSSR count). The van der Waals surface area contributed by atoms with E-state index in [1.807, 2.05) is 36.5 Å². The lowest BCUT2D eigenvalue weighted by atomic mass is 10.3. The standard InChI is InChI=1S/C20H22N6O2/c1-14(28-15(2)27)20-21-8-7-18(24-20)25-9-11-26(12-10-25)19-13-22-16-5-3-4-6-17(16)23-19/h3-8,13-14H,9-12H2,1-2H3/t14-/m1/s1. The normalized spacial score (nSPS) is 15.5. The number of piperazine rings is 1. The quantitative estimate of drug-likeness (QED) is 0.640. The summed E-state index contributed by atoms with van der Waals surface area (Å²) < 4.78 is 5.18. The first kappa shape index (κ1) is 18.1. The molecule has 0 N–H and O–H groups in total. The van der Waals surface area contributed by atoms with Crippen LogP contribution in [0.1, 0.15) is 25.8 Å². The Bertz CT molecular complexity index is 987. The average Bonchev–Trinajstić information content (AvgIpc) is 2.73. The highest BCUT2D eigenvalue weighted by Gasteiger charge is 2.21. The van der Waals surface area contributed by atoms with E-state index in [-0.39, 0.29) is 5.97 Å². The SMILES string of the molecule is CC(=O)O[C@H](C)c1nccc(N2CCN(c3cnc4ccccc4n3)CC2)n1. The minimum absolute atomic E-state index is 0.341. The van der Waals surface area contributed by atoms with Gasteiger partial charge in [0.25, 0.3) is 0 Å². The second-order valence-corrected chi connectivity index (χ2v) is 6.72. The number of aromatic nitrogens is 4. The fourth-order valence-electron chi connectivity index (χ4n) is 3.30. The van der Waals surface area contributed by atoms with Crippen LogP contribution in [0.2, 0.25) is 0 Å². The topological polar surface area (TPSA) is 84.3 Å². The molecule has 1 aliphatic heterocycles. The smallest absolute Gasteiger partial charge is 0.303 e. The number of para-hydroxylation sites is 2. The molecule has 0 aliphatic carbocycles. The maximum atomic E-state index is 11.2. The number of hydrogen-bond acceptors (Lipinski definition) is 8. The Kier molecular flexibility index (Phi) is 5.01. The van der Waals surface area contributed by atoms with Crippen molar-refractivity contribution in [3.05, 3.63) is 48.5 Å². The lowest BCUT2D eigenvalue weighted by Gasteiger charge is -2.36. The predicted octanol–water partition coefficient (Wildman–Crippen LogP) is 2.37. The van der Waals surface area contributed by atoms with Crippen molar-refractivity contribution in [2.24, 2.45) is 0 Å². The molecule has 2 aromatic heterocycles. The van der Waals surface area contributed by atoms with E-state index in [9.17, 15) is 4.79 Å². The molecule has 144 valence electrons. The van der Waals surface area contributed by atoms with Gasteiger partial charge in [-0.05, 0) is 25.1 Å². The van der Waals surface area contributed by atoms with Crippen LogP contribution in [0.25, 0.3) is 11.0 Å². The highest BCUT2D eigenvalue weighted by Crippen LogP contribution is 2.21. The highest BCUT2D eigenvalue weighted by molar-refractivity contribution is 5.75. The zero-order valence-electron chi connectivity index (χ0n) is 15.9. The Morgan fingerprint density at radius 3 is 2.36 bits per heavy atom. The molecular formula is C20H22N6O2. The number of ether oxygens (including phenoxy) is 1. The van der Waals surface area contributed by atoms with Crippen molar-refractivity contribution >= 4 is 28.6 Å². The molecule has 28 heavy (non-hydrogen) atoms. The van der Waals surface area contributed by atoms with Gasteiger partial charge in [0, 0.05) is 39.3 Å². The molecule has 1 aliphatic rings. The molecule has 0 unspecified atom stereocenters. The fourth-order valence-corrected chi connectivity index (χ4v) is 3.30. The van der Waals surface area contributed by atoms with Crippen LogP contribution in [-0.4, -0.2) is 52.1 Å². The van der Waals surface area contributed by atoms with Gasteiger partial charge in [0.1, 0.15) is 11.6 Å². The summed E-state index contributed by atoms with van der Waals surface area (Å²) in [7, 11) is 0. The van der Waals surface area contributed by atoms with Gasteiger partial charge < -0.3 is 14.5 Å². The van der Waals surface area contributed by atoms with Crippen LogP contribution in [0.3, 0.4) is 0 Å². The van der Waals surface area contributed by atoms with Gasteiger partial charge in [-0.25, -0.2) is 15.0 Å². The second-order valence-electron chi connectivity index (χ2n) is 6.72. The summed E-state index contributed by atoms with van der Waals surface area (Å²) in [5, 5.41) is 0. The van der Waals surface area contributed by atoms with Crippen LogP contribution >= 0.6 is 0 Å². The number of nitrogens with zero attached hydrogens (tertiary/aromatic N) is 6. The molecule has 0 saturated carbocycles. The molecule has 3 heterocycles. The van der Waals surface area contributed by atoms with E-state index in [1.54, 1.807) is 13.1 Å². The summed E-state index contributed by atoms with van der Waals surface area (Å²) >= 11 is 0. The van der Waals surface area contributed by atoms with Crippen molar-refractivity contribution in [2.45, 2.75) is 20.0 Å². The predicted molar refractivity (Wildman–Crippen MR) is 106 cm³/mol. The summed E-state index contributed by atoms with van der Waals surface area (Å²) in [6.07, 6.45) is 3.08. The fraction of sp³-hybridized carbons (Fsp3) is 0.350. The van der Waals surface area contributed by atoms with Gasteiger partial charge in [0.2, 0.25) is 0 Å². The summed E-state index contributed by atoms with van der Waals surface area (Å²) in [5.74, 6) is 1.90. The molecular weight excluding hydrogens is 356 g/mol. The molecule has 1 saturated heterocycles. The van der Waals surface area contributed by atoms with Crippen molar-refractivity contribution < 1.29 is 9.53 Å². The van der Waals surface area contributed by atoms with Crippen LogP contribution in [0.4, 0.5) is 11.6 Å². The molecule has 1 aromatic carbocycles. The number of hydrogen-bond donors (Lipinski definition) is 0. The first-order valence-electron chi connectivity index (χ1n) is 9.32. The third kappa shape index (κ3) is 3.85. The number of carbonyl (C=O) groups excluding carboxylic acids is 1. The molecule has 0 spiro atoms. The zero-order chi connectivity index (χ0) is 19.5. The number of rotatable bonds is 4. The van der Waals surface area contributed by atoms with Gasteiger partial charge in [0.05, 0.1) is 17.2 Å². The molecule has 1 atom stereocenters. The van der Waals surface area contributed by atoms with Crippen LogP contribution in [0.5, 0.6) is 0 Å². The summed E-state index contributed by atoms with van der Waals surface area (Å²) in [6.45, 7) is 6.43. The van der Waals surface area contributed by atoms with Gasteiger partial charge >= 0.3 is 5.97 Å². The molecule has 0 amide bonds. The molecule has 0 bridgehead atoms. The Labute approximate surface area is 163 Å². The first-order valence-corrected chi connectivity index (χ1v) is 9.32. The van der Waals surface area contributed by atoms with E-state index < -0.39 is 6.10 Å². The Balaban J connectivity index is 1.44. The van der Waals surface area contributed by atoms with Gasteiger partial charge in [-0.15, -0.1) is 0 Å². The van der Waals surface area contributed by atoms with Gasteiger partial charge in [-0.1, -0.05) is 12.1 Å². The van der Waals surface area contributed by atoms with Crippen molar-refractivity contribution in [1.82, 2.24) is 19.9 Å². The third-order valence-corrected chi connectivity index (χ3v) is 4.73. The molecule has 3 aromatic rings. The highest BCUT2D eigenvalue weighted by atomic mass is 16.5. The molecule has 8 nitrogen and oxygen atoms in total. The van der Waals surface area contributed by atoms with Crippen LogP contribution in [0.15, 0.2) is 42.7 Å². The molecule has 0 radical (unpaired) electrons. The van der Waals surface area contributed by atoms with E-state index in [1.165, 1.54) is 6.92 Å². The maximum Gasteiger partial charge on any atom is 0.303 e. The number of esters is 1. The van der Waals surface area contributed by atoms with Gasteiger partial charge in [0.15, 0.2) is 11.9 Å². The largest absolute Gasteiger partial charge is 0.455 e. The minimum atomic E-state index is -0.466. The Morgan fingerprint density at radius 1 is 0.964 bits per heavy atom. The summed E-state index contributed by atoms with van der Waals surface area (Å²) in [5.41, 5.74) is 1.81. The monoisotopic (exact) mass is 378 g/mol. The van der Waals surface area contributed by atoms with E-state index in [4.69, 9.17) is 9.72 Å². The van der Waals surface area contributed by atoms with E-state index in [0.29, 0.717) is 5.82 Å². The minimum Gasteiger partial charge on any atom is -0.455 e. The lowest BCUT2D eigenvalue weighted by Crippen LogP contribution is -2.47. The van der Waals surface area contributed by atoms with Crippen LogP contribution in [0, 0.1) is 0 Å². The van der Waals surface area contributed by atoms with Crippen LogP contribution in [-0.2, 0) is 9.53 Å². The van der Waals surface area contributed by atoms with Gasteiger partial charge in [-0.3, -0.25) is 9.78 Å². The number of carbonyl (C=O) groups is 1. The van der Waals surface area contributed by atoms with E-state index in [0.717, 1.165) is 48.8 Å². The van der Waals surface area contributed by atoms with Crippen molar-refractivity contribution in [3.8, 4) is 0 Å². The Morgan fingerprint density at radius 2 is 1.64 bits per heavy atom. The molecule has 8 heteroatoms. The number of fused-ring (bicyclic) bond motifs is 1. The van der Waals surface area contributed by atoms with Crippen molar-refractivity contribution in [1.29, 1.82) is 0 Å². The zero-order valence-corrected chi connectivity index (χ0v) is 15.9.